The van der Waals surface area contributed by atoms with E-state index in [1.54, 1.807) is 12.4 Å². The fraction of sp³-hybridized carbons (Fsp3) is 0.167. The first kappa shape index (κ1) is 15.1. The van der Waals surface area contributed by atoms with Crippen LogP contribution in [-0.2, 0) is 0 Å². The van der Waals surface area contributed by atoms with Crippen LogP contribution in [0.15, 0.2) is 60.9 Å². The van der Waals surface area contributed by atoms with E-state index in [1.807, 2.05) is 55.5 Å². The molecule has 0 fully saturated rings. The number of aromatic nitrogens is 3. The van der Waals surface area contributed by atoms with Gasteiger partial charge in [0.15, 0.2) is 5.82 Å². The van der Waals surface area contributed by atoms with Crippen LogP contribution in [-0.4, -0.2) is 26.7 Å². The second kappa shape index (κ2) is 6.98. The Bertz CT molecular complexity index is 762. The highest BCUT2D eigenvalue weighted by molar-refractivity contribution is 5.57. The zero-order valence-electron chi connectivity index (χ0n) is 12.8. The molecule has 23 heavy (non-hydrogen) atoms. The number of anilines is 1. The molecule has 0 aliphatic heterocycles. The van der Waals surface area contributed by atoms with E-state index in [0.717, 1.165) is 16.8 Å². The molecule has 3 aromatic rings. The van der Waals surface area contributed by atoms with Crippen molar-refractivity contribution in [2.75, 3.05) is 11.9 Å². The van der Waals surface area contributed by atoms with Gasteiger partial charge in [-0.2, -0.15) is 0 Å². The van der Waals surface area contributed by atoms with Crippen LogP contribution in [0.1, 0.15) is 17.3 Å². The lowest BCUT2D eigenvalue weighted by atomic mass is 10.1. The number of pyridine rings is 1. The number of hydrogen-bond donors (Lipinski definition) is 2. The molecule has 0 spiro atoms. The summed E-state index contributed by atoms with van der Waals surface area (Å²) in [6, 6.07) is 15.2. The summed E-state index contributed by atoms with van der Waals surface area (Å²) in [6.07, 6.45) is 3.43. The Morgan fingerprint density at radius 2 is 1.78 bits per heavy atom. The third-order valence-electron chi connectivity index (χ3n) is 3.50. The molecule has 0 saturated heterocycles. The van der Waals surface area contributed by atoms with Crippen LogP contribution >= 0.6 is 0 Å². The van der Waals surface area contributed by atoms with Crippen molar-refractivity contribution in [2.45, 2.75) is 13.0 Å². The SMILES string of the molecule is Cc1cc(NC(CO)c2ccccc2)nc(-c2ccncc2)n1. The minimum Gasteiger partial charge on any atom is -0.394 e. The van der Waals surface area contributed by atoms with Gasteiger partial charge in [0.2, 0.25) is 0 Å². The number of nitrogens with one attached hydrogen (secondary N) is 1. The molecule has 2 N–H and O–H groups in total. The third-order valence-corrected chi connectivity index (χ3v) is 3.50. The zero-order chi connectivity index (χ0) is 16.1. The minimum atomic E-state index is -0.212. The molecule has 0 amide bonds. The molecular formula is C18H18N4O. The van der Waals surface area contributed by atoms with Gasteiger partial charge in [-0.25, -0.2) is 9.97 Å². The van der Waals surface area contributed by atoms with Crippen molar-refractivity contribution in [3.8, 4) is 11.4 Å². The number of hydrogen-bond acceptors (Lipinski definition) is 5. The van der Waals surface area contributed by atoms with E-state index >= 15 is 0 Å². The molecule has 0 aliphatic rings. The van der Waals surface area contributed by atoms with Gasteiger partial charge >= 0.3 is 0 Å². The van der Waals surface area contributed by atoms with Crippen molar-refractivity contribution in [1.29, 1.82) is 0 Å². The summed E-state index contributed by atoms with van der Waals surface area (Å²) >= 11 is 0. The van der Waals surface area contributed by atoms with Crippen molar-refractivity contribution in [3.05, 3.63) is 72.2 Å². The van der Waals surface area contributed by atoms with Crippen molar-refractivity contribution < 1.29 is 5.11 Å². The van der Waals surface area contributed by atoms with Gasteiger partial charge in [-0.05, 0) is 24.6 Å². The van der Waals surface area contributed by atoms with Crippen LogP contribution in [0.3, 0.4) is 0 Å². The molecule has 0 bridgehead atoms. The van der Waals surface area contributed by atoms with Crippen LogP contribution in [0.2, 0.25) is 0 Å². The van der Waals surface area contributed by atoms with Crippen LogP contribution in [0.4, 0.5) is 5.82 Å². The highest BCUT2D eigenvalue weighted by atomic mass is 16.3. The smallest absolute Gasteiger partial charge is 0.161 e. The van der Waals surface area contributed by atoms with Gasteiger partial charge in [-0.1, -0.05) is 30.3 Å². The minimum absolute atomic E-state index is 0.0162. The maximum atomic E-state index is 9.68. The molecule has 1 unspecified atom stereocenters. The number of benzene rings is 1. The van der Waals surface area contributed by atoms with Crippen LogP contribution in [0.5, 0.6) is 0 Å². The molecule has 0 saturated carbocycles. The summed E-state index contributed by atoms with van der Waals surface area (Å²) in [7, 11) is 0. The van der Waals surface area contributed by atoms with Crippen LogP contribution < -0.4 is 5.32 Å². The lowest BCUT2D eigenvalue weighted by Gasteiger charge is -2.18. The molecule has 116 valence electrons. The van der Waals surface area contributed by atoms with E-state index in [9.17, 15) is 5.11 Å². The summed E-state index contributed by atoms with van der Waals surface area (Å²) in [4.78, 5) is 13.0. The Balaban J connectivity index is 1.89. The normalized spacial score (nSPS) is 11.9. The molecule has 0 aliphatic carbocycles. The fourth-order valence-corrected chi connectivity index (χ4v) is 2.37. The Kier molecular flexibility index (Phi) is 4.59. The van der Waals surface area contributed by atoms with Crippen molar-refractivity contribution in [2.24, 2.45) is 0 Å². The molecule has 5 heteroatoms. The predicted molar refractivity (Wildman–Crippen MR) is 89.9 cm³/mol. The molecule has 1 atom stereocenters. The molecule has 2 aromatic heterocycles. The second-order valence-corrected chi connectivity index (χ2v) is 5.24. The van der Waals surface area contributed by atoms with Gasteiger partial charge in [-0.15, -0.1) is 0 Å². The first-order valence-electron chi connectivity index (χ1n) is 7.44. The second-order valence-electron chi connectivity index (χ2n) is 5.24. The van der Waals surface area contributed by atoms with Crippen molar-refractivity contribution in [1.82, 2.24) is 15.0 Å². The number of nitrogens with zero attached hydrogens (tertiary/aromatic N) is 3. The van der Waals surface area contributed by atoms with Gasteiger partial charge in [0, 0.05) is 29.7 Å². The first-order chi connectivity index (χ1) is 11.3. The Hall–Kier alpha value is -2.79. The van der Waals surface area contributed by atoms with E-state index < -0.39 is 0 Å². The summed E-state index contributed by atoms with van der Waals surface area (Å²) in [5.41, 5.74) is 2.78. The van der Waals surface area contributed by atoms with E-state index in [4.69, 9.17) is 0 Å². The Morgan fingerprint density at radius 3 is 2.48 bits per heavy atom. The van der Waals surface area contributed by atoms with Gasteiger partial charge in [0.25, 0.3) is 0 Å². The van der Waals surface area contributed by atoms with Gasteiger partial charge in [-0.3, -0.25) is 4.98 Å². The largest absolute Gasteiger partial charge is 0.394 e. The molecule has 3 rings (SSSR count). The van der Waals surface area contributed by atoms with Crippen molar-refractivity contribution >= 4 is 5.82 Å². The van der Waals surface area contributed by atoms with E-state index in [1.165, 1.54) is 0 Å². The molecule has 0 radical (unpaired) electrons. The van der Waals surface area contributed by atoms with Crippen molar-refractivity contribution in [3.63, 3.8) is 0 Å². The Morgan fingerprint density at radius 1 is 1.04 bits per heavy atom. The lowest BCUT2D eigenvalue weighted by molar-refractivity contribution is 0.276. The van der Waals surface area contributed by atoms with E-state index in [-0.39, 0.29) is 12.6 Å². The van der Waals surface area contributed by atoms with E-state index in [2.05, 4.69) is 20.3 Å². The Labute approximate surface area is 135 Å². The number of rotatable bonds is 5. The van der Waals surface area contributed by atoms with Gasteiger partial charge < -0.3 is 10.4 Å². The highest BCUT2D eigenvalue weighted by Crippen LogP contribution is 2.21. The predicted octanol–water partition coefficient (Wildman–Crippen LogP) is 2.99. The standard InChI is InChI=1S/C18H18N4O/c1-13-11-17(21-16(12-23)14-5-3-2-4-6-14)22-18(20-13)15-7-9-19-10-8-15/h2-11,16,23H,12H2,1H3,(H,20,21,22). The number of aliphatic hydroxyl groups is 1. The molecular weight excluding hydrogens is 288 g/mol. The summed E-state index contributed by atoms with van der Waals surface area (Å²) < 4.78 is 0. The average molecular weight is 306 g/mol. The van der Waals surface area contributed by atoms with Crippen LogP contribution in [0.25, 0.3) is 11.4 Å². The summed E-state index contributed by atoms with van der Waals surface area (Å²) in [5, 5.41) is 13.0. The maximum absolute atomic E-state index is 9.68. The number of aliphatic hydroxyl groups excluding tert-OH is 1. The summed E-state index contributed by atoms with van der Waals surface area (Å²) in [6.45, 7) is 1.91. The average Bonchev–Trinajstić information content (AvgIpc) is 2.61. The van der Waals surface area contributed by atoms with Gasteiger partial charge in [0.05, 0.1) is 12.6 Å². The third kappa shape index (κ3) is 3.70. The van der Waals surface area contributed by atoms with Gasteiger partial charge in [0.1, 0.15) is 5.82 Å². The summed E-state index contributed by atoms with van der Waals surface area (Å²) in [5.74, 6) is 1.33. The van der Waals surface area contributed by atoms with E-state index in [0.29, 0.717) is 11.6 Å². The highest BCUT2D eigenvalue weighted by Gasteiger charge is 2.12. The monoisotopic (exact) mass is 306 g/mol. The molecule has 5 nitrogen and oxygen atoms in total. The molecule has 2 heterocycles. The molecule has 1 aromatic carbocycles. The number of aryl methyl sites for hydroxylation is 1. The quantitative estimate of drug-likeness (QED) is 0.758. The topological polar surface area (TPSA) is 70.9 Å². The first-order valence-corrected chi connectivity index (χ1v) is 7.44. The maximum Gasteiger partial charge on any atom is 0.161 e. The zero-order valence-corrected chi connectivity index (χ0v) is 12.8. The van der Waals surface area contributed by atoms with Crippen LogP contribution in [0, 0.1) is 6.92 Å². The fourth-order valence-electron chi connectivity index (χ4n) is 2.37. The lowest BCUT2D eigenvalue weighted by Crippen LogP contribution is -2.16.